The maximum Gasteiger partial charge on any atom is -0.00474 e. The van der Waals surface area contributed by atoms with Crippen LogP contribution in [0.1, 0.15) is 20.8 Å². The minimum atomic E-state index is 0. The number of hydrogen-bond acceptors (Lipinski definition) is 1. The highest BCUT2D eigenvalue weighted by atomic mass is 79.9. The van der Waals surface area contributed by atoms with Gasteiger partial charge in [0.15, 0.2) is 0 Å². The molecule has 0 saturated heterocycles. The van der Waals surface area contributed by atoms with E-state index >= 15 is 0 Å². The van der Waals surface area contributed by atoms with E-state index in [0.717, 1.165) is 0 Å². The van der Waals surface area contributed by atoms with Crippen LogP contribution in [0.5, 0.6) is 0 Å². The van der Waals surface area contributed by atoms with Gasteiger partial charge in [-0.3, -0.25) is 0 Å². The summed E-state index contributed by atoms with van der Waals surface area (Å²) < 4.78 is 0. The Hall–Kier alpha value is 0.0900. The zero-order valence-corrected chi connectivity index (χ0v) is 12.8. The molecule has 1 aromatic rings. The zero-order chi connectivity index (χ0) is 10.8. The molecule has 88 valence electrons. The fourth-order valence-corrected chi connectivity index (χ4v) is 1.35. The van der Waals surface area contributed by atoms with Crippen LogP contribution in [-0.2, 0) is 0 Å². The lowest BCUT2D eigenvalue weighted by Gasteiger charge is -2.13. The summed E-state index contributed by atoms with van der Waals surface area (Å²) in [5.41, 5.74) is 0. The van der Waals surface area contributed by atoms with Gasteiger partial charge in [0, 0.05) is 0 Å². The van der Waals surface area contributed by atoms with E-state index in [-0.39, 0.29) is 17.0 Å². The van der Waals surface area contributed by atoms with Crippen molar-refractivity contribution in [2.75, 3.05) is 19.6 Å². The molecule has 0 amide bonds. The molecule has 0 aliphatic carbocycles. The highest BCUT2D eigenvalue weighted by Crippen LogP contribution is 1.86. The highest BCUT2D eigenvalue weighted by molar-refractivity contribution is 8.93. The van der Waals surface area contributed by atoms with Crippen molar-refractivity contribution in [3.05, 3.63) is 30.3 Å². The SMILES string of the molecule is Br.CCN(CC)CC.Pc1ccccc1. The van der Waals surface area contributed by atoms with Crippen LogP contribution in [0.2, 0.25) is 0 Å². The van der Waals surface area contributed by atoms with Crippen molar-refractivity contribution in [2.45, 2.75) is 20.8 Å². The van der Waals surface area contributed by atoms with Gasteiger partial charge < -0.3 is 4.90 Å². The van der Waals surface area contributed by atoms with Gasteiger partial charge in [-0.25, -0.2) is 0 Å². The summed E-state index contributed by atoms with van der Waals surface area (Å²) in [7, 11) is 2.63. The molecule has 0 bridgehead atoms. The van der Waals surface area contributed by atoms with E-state index in [1.807, 2.05) is 30.3 Å². The minimum absolute atomic E-state index is 0. The molecule has 3 heteroatoms. The van der Waals surface area contributed by atoms with Gasteiger partial charge in [0.25, 0.3) is 0 Å². The molecule has 0 N–H and O–H groups in total. The molecule has 0 heterocycles. The summed E-state index contributed by atoms with van der Waals surface area (Å²) in [6, 6.07) is 10.1. The molecule has 1 atom stereocenters. The first-order valence-corrected chi connectivity index (χ1v) is 5.85. The lowest BCUT2D eigenvalue weighted by atomic mass is 10.4. The summed E-state index contributed by atoms with van der Waals surface area (Å²) in [4.78, 5) is 2.38. The van der Waals surface area contributed by atoms with E-state index in [0.29, 0.717) is 0 Å². The third-order valence-corrected chi connectivity index (χ3v) is 2.53. The Labute approximate surface area is 107 Å². The van der Waals surface area contributed by atoms with E-state index < -0.39 is 0 Å². The number of hydrogen-bond donors (Lipinski definition) is 0. The van der Waals surface area contributed by atoms with Gasteiger partial charge in [-0.15, -0.1) is 26.2 Å². The molecule has 1 rings (SSSR count). The van der Waals surface area contributed by atoms with Gasteiger partial charge in [-0.2, -0.15) is 0 Å². The van der Waals surface area contributed by atoms with Crippen molar-refractivity contribution in [3.63, 3.8) is 0 Å². The predicted molar refractivity (Wildman–Crippen MR) is 79.6 cm³/mol. The van der Waals surface area contributed by atoms with Crippen molar-refractivity contribution >= 4 is 31.5 Å². The molecule has 0 aliphatic rings. The Morgan fingerprint density at radius 1 is 0.933 bits per heavy atom. The molecule has 1 nitrogen and oxygen atoms in total. The van der Waals surface area contributed by atoms with Crippen LogP contribution >= 0.6 is 26.2 Å². The molecule has 15 heavy (non-hydrogen) atoms. The number of nitrogens with zero attached hydrogens (tertiary/aromatic N) is 1. The smallest absolute Gasteiger partial charge is 0.00474 e. The van der Waals surface area contributed by atoms with Gasteiger partial charge >= 0.3 is 0 Å². The second-order valence-electron chi connectivity index (χ2n) is 3.03. The van der Waals surface area contributed by atoms with Gasteiger partial charge in [0.2, 0.25) is 0 Å². The summed E-state index contributed by atoms with van der Waals surface area (Å²) in [5, 5.41) is 1.24. The average molecular weight is 292 g/mol. The molecule has 0 spiro atoms. The van der Waals surface area contributed by atoms with Crippen LogP contribution in [-0.4, -0.2) is 24.5 Å². The van der Waals surface area contributed by atoms with E-state index in [4.69, 9.17) is 0 Å². The first-order valence-electron chi connectivity index (χ1n) is 5.27. The van der Waals surface area contributed by atoms with E-state index in [9.17, 15) is 0 Å². The molecular formula is C12H23BrNP. The first kappa shape index (κ1) is 17.5. The molecular weight excluding hydrogens is 269 g/mol. The normalized spacial score (nSPS) is 8.87. The van der Waals surface area contributed by atoms with Crippen LogP contribution in [0.15, 0.2) is 30.3 Å². The summed E-state index contributed by atoms with van der Waals surface area (Å²) >= 11 is 0. The monoisotopic (exact) mass is 291 g/mol. The van der Waals surface area contributed by atoms with Gasteiger partial charge in [-0.05, 0) is 24.9 Å². The number of benzene rings is 1. The Balaban J connectivity index is 0. The largest absolute Gasteiger partial charge is 0.304 e. The van der Waals surface area contributed by atoms with E-state index in [1.54, 1.807) is 0 Å². The van der Waals surface area contributed by atoms with Gasteiger partial charge in [-0.1, -0.05) is 51.1 Å². The Morgan fingerprint density at radius 2 is 1.33 bits per heavy atom. The average Bonchev–Trinajstić information content (AvgIpc) is 2.22. The maximum absolute atomic E-state index is 2.63. The second-order valence-corrected chi connectivity index (χ2v) is 3.70. The van der Waals surface area contributed by atoms with Crippen LogP contribution in [0.25, 0.3) is 0 Å². The number of rotatable bonds is 3. The van der Waals surface area contributed by atoms with Crippen LogP contribution < -0.4 is 5.30 Å². The third kappa shape index (κ3) is 10.4. The van der Waals surface area contributed by atoms with Crippen molar-refractivity contribution < 1.29 is 0 Å². The fourth-order valence-electron chi connectivity index (χ4n) is 1.12. The zero-order valence-electron chi connectivity index (χ0n) is 9.94. The topological polar surface area (TPSA) is 3.24 Å². The Kier molecular flexibility index (Phi) is 14.2. The third-order valence-electron chi connectivity index (χ3n) is 2.14. The molecule has 1 unspecified atom stereocenters. The maximum atomic E-state index is 2.63. The van der Waals surface area contributed by atoms with Crippen molar-refractivity contribution in [3.8, 4) is 0 Å². The molecule has 0 radical (unpaired) electrons. The standard InChI is InChI=1S/C6H15N.C6H7P.BrH/c1-4-7(5-2)6-3;7-6-4-2-1-3-5-6;/h4-6H2,1-3H3;1-5H,7H2;1H. The molecule has 0 aliphatic heterocycles. The van der Waals surface area contributed by atoms with Crippen molar-refractivity contribution in [1.29, 1.82) is 0 Å². The van der Waals surface area contributed by atoms with Crippen LogP contribution in [0, 0.1) is 0 Å². The lowest BCUT2D eigenvalue weighted by molar-refractivity contribution is 0.321. The highest BCUT2D eigenvalue weighted by Gasteiger charge is 1.89. The lowest BCUT2D eigenvalue weighted by Crippen LogP contribution is -2.21. The quantitative estimate of drug-likeness (QED) is 0.774. The summed E-state index contributed by atoms with van der Waals surface area (Å²) in [6.45, 7) is 10.1. The van der Waals surface area contributed by atoms with Crippen LogP contribution in [0.3, 0.4) is 0 Å². The molecule has 0 saturated carbocycles. The Bertz CT molecular complexity index is 207. The van der Waals surface area contributed by atoms with Gasteiger partial charge in [0.1, 0.15) is 0 Å². The van der Waals surface area contributed by atoms with E-state index in [1.165, 1.54) is 24.9 Å². The fraction of sp³-hybridized carbons (Fsp3) is 0.500. The predicted octanol–water partition coefficient (Wildman–Crippen LogP) is 3.11. The van der Waals surface area contributed by atoms with Gasteiger partial charge in [0.05, 0.1) is 0 Å². The minimum Gasteiger partial charge on any atom is -0.304 e. The second kappa shape index (κ2) is 12.2. The van der Waals surface area contributed by atoms with Crippen molar-refractivity contribution in [1.82, 2.24) is 4.90 Å². The summed E-state index contributed by atoms with van der Waals surface area (Å²) in [5.74, 6) is 0. The molecule has 0 fully saturated rings. The van der Waals surface area contributed by atoms with E-state index in [2.05, 4.69) is 34.9 Å². The molecule has 0 aromatic heterocycles. The van der Waals surface area contributed by atoms with Crippen molar-refractivity contribution in [2.24, 2.45) is 0 Å². The summed E-state index contributed by atoms with van der Waals surface area (Å²) in [6.07, 6.45) is 0. The number of halogens is 1. The molecule has 1 aromatic carbocycles. The first-order chi connectivity index (χ1) is 6.74. The Morgan fingerprint density at radius 3 is 1.47 bits per heavy atom. The van der Waals surface area contributed by atoms with Crippen LogP contribution in [0.4, 0.5) is 0 Å².